The van der Waals surface area contributed by atoms with Crippen LogP contribution in [0.3, 0.4) is 0 Å². The van der Waals surface area contributed by atoms with Crippen LogP contribution in [0, 0.1) is 6.92 Å². The molecule has 118 valence electrons. The molecule has 1 atom stereocenters. The summed E-state index contributed by atoms with van der Waals surface area (Å²) in [5.41, 5.74) is 1.08. The van der Waals surface area contributed by atoms with Crippen LogP contribution in [-0.4, -0.2) is 63.1 Å². The molecule has 2 aliphatic rings. The van der Waals surface area contributed by atoms with Crippen LogP contribution in [0.5, 0.6) is 0 Å². The minimum Gasteiger partial charge on any atom is -0.336 e. The molecular formula is C14H19N5O3. The van der Waals surface area contributed by atoms with Gasteiger partial charge < -0.3 is 10.2 Å². The number of imide groups is 1. The molecule has 0 aromatic carbocycles. The Labute approximate surface area is 128 Å². The molecule has 8 heteroatoms. The molecule has 0 saturated carbocycles. The van der Waals surface area contributed by atoms with Crippen LogP contribution in [-0.2, 0) is 16.1 Å². The molecule has 8 nitrogen and oxygen atoms in total. The molecule has 1 aromatic rings. The lowest BCUT2D eigenvalue weighted by Gasteiger charge is -2.26. The van der Waals surface area contributed by atoms with Gasteiger partial charge in [-0.05, 0) is 25.3 Å². The topological polar surface area (TPSA) is 87.5 Å². The maximum Gasteiger partial charge on any atom is 0.325 e. The van der Waals surface area contributed by atoms with Crippen LogP contribution in [0.1, 0.15) is 18.4 Å². The molecule has 0 bridgehead atoms. The summed E-state index contributed by atoms with van der Waals surface area (Å²) in [6, 6.07) is -0.427. The zero-order chi connectivity index (χ0) is 15.7. The third-order valence-electron chi connectivity index (χ3n) is 4.09. The molecule has 22 heavy (non-hydrogen) atoms. The highest BCUT2D eigenvalue weighted by atomic mass is 16.2. The van der Waals surface area contributed by atoms with Gasteiger partial charge in [0.2, 0.25) is 5.91 Å². The summed E-state index contributed by atoms with van der Waals surface area (Å²) < 4.78 is 1.83. The smallest absolute Gasteiger partial charge is 0.325 e. The van der Waals surface area contributed by atoms with E-state index in [-0.39, 0.29) is 30.9 Å². The van der Waals surface area contributed by atoms with E-state index in [0.717, 1.165) is 23.3 Å². The van der Waals surface area contributed by atoms with Gasteiger partial charge in [0.15, 0.2) is 0 Å². The van der Waals surface area contributed by atoms with Gasteiger partial charge in [0.1, 0.15) is 6.54 Å². The Morgan fingerprint density at radius 3 is 2.91 bits per heavy atom. The summed E-state index contributed by atoms with van der Waals surface area (Å²) >= 11 is 0. The second-order valence-electron chi connectivity index (χ2n) is 5.76. The average Bonchev–Trinajstić information content (AvgIpc) is 3.17. The zero-order valence-electron chi connectivity index (χ0n) is 12.5. The first kappa shape index (κ1) is 14.6. The quantitative estimate of drug-likeness (QED) is 0.776. The van der Waals surface area contributed by atoms with Gasteiger partial charge >= 0.3 is 6.03 Å². The Morgan fingerprint density at radius 1 is 1.45 bits per heavy atom. The number of nitrogens with zero attached hydrogens (tertiary/aromatic N) is 4. The zero-order valence-corrected chi connectivity index (χ0v) is 12.5. The van der Waals surface area contributed by atoms with E-state index in [1.165, 1.54) is 0 Å². The molecule has 2 aliphatic heterocycles. The first-order valence-electron chi connectivity index (χ1n) is 7.41. The van der Waals surface area contributed by atoms with Crippen molar-refractivity contribution in [1.29, 1.82) is 0 Å². The van der Waals surface area contributed by atoms with Crippen molar-refractivity contribution in [2.24, 2.45) is 0 Å². The number of likely N-dealkylation sites (tertiary alicyclic amines) is 1. The van der Waals surface area contributed by atoms with Gasteiger partial charge in [0.25, 0.3) is 5.91 Å². The van der Waals surface area contributed by atoms with E-state index in [1.54, 1.807) is 11.1 Å². The fourth-order valence-electron chi connectivity index (χ4n) is 2.98. The van der Waals surface area contributed by atoms with Crippen LogP contribution < -0.4 is 5.32 Å². The number of aryl methyl sites for hydroxylation is 1. The fraction of sp³-hybridized carbons (Fsp3) is 0.571. The molecule has 3 heterocycles. The van der Waals surface area contributed by atoms with Gasteiger partial charge in [-0.1, -0.05) is 0 Å². The standard InChI is InChI=1S/C14H19N5O3/c1-10-5-16-17(7-10)8-11-3-2-4-18(11)13(21)9-19-12(20)6-15-14(19)22/h5,7,11H,2-4,6,8-9H2,1H3,(H,15,22)/t11-/m1/s1. The summed E-state index contributed by atoms with van der Waals surface area (Å²) in [4.78, 5) is 38.2. The lowest BCUT2D eigenvalue weighted by molar-refractivity contribution is -0.137. The van der Waals surface area contributed by atoms with Crippen LogP contribution in [0.15, 0.2) is 12.4 Å². The summed E-state index contributed by atoms with van der Waals surface area (Å²) in [7, 11) is 0. The highest BCUT2D eigenvalue weighted by molar-refractivity contribution is 6.04. The molecule has 2 fully saturated rings. The lowest BCUT2D eigenvalue weighted by atomic mass is 10.2. The van der Waals surface area contributed by atoms with Crippen molar-refractivity contribution in [2.75, 3.05) is 19.6 Å². The number of carbonyl (C=O) groups excluding carboxylic acids is 3. The number of hydrogen-bond donors (Lipinski definition) is 1. The Bertz CT molecular complexity index is 595. The van der Waals surface area contributed by atoms with Crippen molar-refractivity contribution in [1.82, 2.24) is 24.9 Å². The van der Waals surface area contributed by atoms with Crippen molar-refractivity contribution >= 4 is 17.8 Å². The number of amides is 4. The van der Waals surface area contributed by atoms with Crippen LogP contribution in [0.4, 0.5) is 4.79 Å². The van der Waals surface area contributed by atoms with Crippen molar-refractivity contribution in [3.63, 3.8) is 0 Å². The molecule has 1 aromatic heterocycles. The minimum absolute atomic E-state index is 0.0257. The molecule has 1 N–H and O–H groups in total. The highest BCUT2D eigenvalue weighted by Crippen LogP contribution is 2.19. The van der Waals surface area contributed by atoms with Crippen molar-refractivity contribution < 1.29 is 14.4 Å². The number of hydrogen-bond acceptors (Lipinski definition) is 4. The van der Waals surface area contributed by atoms with Gasteiger partial charge in [-0.3, -0.25) is 19.2 Å². The second-order valence-corrected chi connectivity index (χ2v) is 5.76. The molecule has 0 spiro atoms. The number of nitrogens with one attached hydrogen (secondary N) is 1. The summed E-state index contributed by atoms with van der Waals surface area (Å²) in [5.74, 6) is -0.534. The lowest BCUT2D eigenvalue weighted by Crippen LogP contribution is -2.46. The largest absolute Gasteiger partial charge is 0.336 e. The normalized spacial score (nSPS) is 21.6. The second kappa shape index (κ2) is 5.78. The molecule has 2 saturated heterocycles. The van der Waals surface area contributed by atoms with Crippen LogP contribution >= 0.6 is 0 Å². The molecule has 4 amide bonds. The van der Waals surface area contributed by atoms with Crippen LogP contribution in [0.2, 0.25) is 0 Å². The third kappa shape index (κ3) is 2.81. The summed E-state index contributed by atoms with van der Waals surface area (Å²) in [5, 5.41) is 6.67. The van der Waals surface area contributed by atoms with Crippen molar-refractivity contribution in [3.05, 3.63) is 18.0 Å². The first-order chi connectivity index (χ1) is 10.5. The fourth-order valence-corrected chi connectivity index (χ4v) is 2.98. The van der Waals surface area contributed by atoms with Crippen LogP contribution in [0.25, 0.3) is 0 Å². The summed E-state index contributed by atoms with van der Waals surface area (Å²) in [6.45, 7) is 3.06. The van der Waals surface area contributed by atoms with Gasteiger partial charge in [0.05, 0.1) is 25.3 Å². The van der Waals surface area contributed by atoms with E-state index in [1.807, 2.05) is 17.8 Å². The van der Waals surface area contributed by atoms with Crippen molar-refractivity contribution in [3.8, 4) is 0 Å². The minimum atomic E-state index is -0.489. The Morgan fingerprint density at radius 2 is 2.27 bits per heavy atom. The SMILES string of the molecule is Cc1cnn(C[C@H]2CCCN2C(=O)CN2C(=O)CNC2=O)c1. The molecule has 3 rings (SSSR count). The van der Waals surface area contributed by atoms with Gasteiger partial charge in [-0.15, -0.1) is 0 Å². The Hall–Kier alpha value is -2.38. The number of carbonyl (C=O) groups is 3. The van der Waals surface area contributed by atoms with Gasteiger partial charge in [-0.25, -0.2) is 4.79 Å². The number of rotatable bonds is 4. The van der Waals surface area contributed by atoms with E-state index in [9.17, 15) is 14.4 Å². The molecule has 0 radical (unpaired) electrons. The molecular weight excluding hydrogens is 286 g/mol. The predicted octanol–water partition coefficient (Wildman–Crippen LogP) is -0.266. The maximum absolute atomic E-state index is 12.4. The third-order valence-corrected chi connectivity index (χ3v) is 4.09. The maximum atomic E-state index is 12.4. The predicted molar refractivity (Wildman–Crippen MR) is 76.8 cm³/mol. The van der Waals surface area contributed by atoms with Gasteiger partial charge in [-0.2, -0.15) is 5.10 Å². The van der Waals surface area contributed by atoms with Gasteiger partial charge in [0, 0.05) is 12.7 Å². The Balaban J connectivity index is 1.63. The van der Waals surface area contributed by atoms with E-state index in [2.05, 4.69) is 10.4 Å². The summed E-state index contributed by atoms with van der Waals surface area (Å²) in [6.07, 6.45) is 5.56. The first-order valence-corrected chi connectivity index (χ1v) is 7.41. The molecule has 0 unspecified atom stereocenters. The monoisotopic (exact) mass is 305 g/mol. The molecule has 0 aliphatic carbocycles. The Kier molecular flexibility index (Phi) is 3.82. The number of urea groups is 1. The number of aromatic nitrogens is 2. The van der Waals surface area contributed by atoms with E-state index < -0.39 is 6.03 Å². The average molecular weight is 305 g/mol. The van der Waals surface area contributed by atoms with E-state index >= 15 is 0 Å². The van der Waals surface area contributed by atoms with E-state index in [0.29, 0.717) is 13.1 Å². The van der Waals surface area contributed by atoms with Crippen molar-refractivity contribution in [2.45, 2.75) is 32.4 Å². The highest BCUT2D eigenvalue weighted by Gasteiger charge is 2.35. The van der Waals surface area contributed by atoms with E-state index in [4.69, 9.17) is 0 Å².